The number of ether oxygens (including phenoxy) is 1. The van der Waals surface area contributed by atoms with Crippen molar-refractivity contribution >= 4 is 28.5 Å². The number of hydrogen-bond donors (Lipinski definition) is 1. The summed E-state index contributed by atoms with van der Waals surface area (Å²) in [6, 6.07) is 5.83. The second kappa shape index (κ2) is 6.52. The van der Waals surface area contributed by atoms with E-state index in [1.165, 1.54) is 0 Å². The highest BCUT2D eigenvalue weighted by molar-refractivity contribution is 14.1. The molecule has 1 N–H and O–H groups in total. The molecule has 1 amide bonds. The third kappa shape index (κ3) is 3.45. The number of carbonyl (C=O) groups excluding carboxylic acids is 1. The van der Waals surface area contributed by atoms with Gasteiger partial charge in [0.2, 0.25) is 0 Å². The van der Waals surface area contributed by atoms with E-state index in [4.69, 9.17) is 4.74 Å². The predicted molar refractivity (Wildman–Crippen MR) is 79.8 cm³/mol. The number of amides is 1. The van der Waals surface area contributed by atoms with Crippen LogP contribution in [0.4, 0.5) is 0 Å². The third-order valence-corrected chi connectivity index (χ3v) is 4.73. The lowest BCUT2D eigenvalue weighted by molar-refractivity contribution is 0.0949. The van der Waals surface area contributed by atoms with E-state index in [1.807, 2.05) is 25.1 Å². The van der Waals surface area contributed by atoms with Crippen LogP contribution in [-0.2, 0) is 4.74 Å². The molecule has 4 heteroatoms. The molecule has 1 aromatic rings. The summed E-state index contributed by atoms with van der Waals surface area (Å²) >= 11 is 2.23. The molecule has 0 aromatic heterocycles. The summed E-state index contributed by atoms with van der Waals surface area (Å²) in [7, 11) is 0. The van der Waals surface area contributed by atoms with Gasteiger partial charge in [-0.15, -0.1) is 0 Å². The Kier molecular flexibility index (Phi) is 5.00. The molecule has 0 saturated carbocycles. The summed E-state index contributed by atoms with van der Waals surface area (Å²) < 4.78 is 6.36. The summed E-state index contributed by atoms with van der Waals surface area (Å²) in [6.07, 6.45) is 2.13. The van der Waals surface area contributed by atoms with Crippen LogP contribution < -0.4 is 5.32 Å². The maximum absolute atomic E-state index is 12.0. The Balaban J connectivity index is 1.85. The molecule has 2 rings (SSSR count). The molecule has 1 aliphatic rings. The van der Waals surface area contributed by atoms with Gasteiger partial charge in [0.1, 0.15) is 0 Å². The fraction of sp³-hybridized carbons (Fsp3) is 0.500. The zero-order valence-electron chi connectivity index (χ0n) is 10.5. The van der Waals surface area contributed by atoms with Gasteiger partial charge in [-0.05, 0) is 59.9 Å². The Morgan fingerprint density at radius 2 is 2.39 bits per heavy atom. The number of hydrogen-bond acceptors (Lipinski definition) is 2. The van der Waals surface area contributed by atoms with Crippen LogP contribution in [0.1, 0.15) is 28.8 Å². The van der Waals surface area contributed by atoms with E-state index in [2.05, 4.69) is 27.9 Å². The van der Waals surface area contributed by atoms with Gasteiger partial charge < -0.3 is 10.1 Å². The van der Waals surface area contributed by atoms with Crippen molar-refractivity contribution in [2.24, 2.45) is 5.92 Å². The average Bonchev–Trinajstić information content (AvgIpc) is 2.85. The smallest absolute Gasteiger partial charge is 0.252 e. The van der Waals surface area contributed by atoms with Gasteiger partial charge in [-0.2, -0.15) is 0 Å². The molecule has 18 heavy (non-hydrogen) atoms. The number of carbonyl (C=O) groups is 1. The lowest BCUT2D eigenvalue weighted by Gasteiger charge is -2.10. The Morgan fingerprint density at radius 1 is 1.56 bits per heavy atom. The topological polar surface area (TPSA) is 38.3 Å². The van der Waals surface area contributed by atoms with Crippen molar-refractivity contribution in [2.75, 3.05) is 19.8 Å². The van der Waals surface area contributed by atoms with Gasteiger partial charge in [0, 0.05) is 23.3 Å². The van der Waals surface area contributed by atoms with Crippen molar-refractivity contribution < 1.29 is 9.53 Å². The van der Waals surface area contributed by atoms with Crippen LogP contribution >= 0.6 is 22.6 Å². The molecule has 1 aromatic carbocycles. The molecular weight excluding hydrogens is 341 g/mol. The highest BCUT2D eigenvalue weighted by Crippen LogP contribution is 2.17. The standard InChI is InChI=1S/C14H18INO2/c1-10-3-2-4-12(13(10)15)14(17)16-7-5-11-6-8-18-9-11/h2-4,11H,5-9H2,1H3,(H,16,17). The van der Waals surface area contributed by atoms with Crippen molar-refractivity contribution in [1.82, 2.24) is 5.32 Å². The van der Waals surface area contributed by atoms with Gasteiger partial charge in [-0.25, -0.2) is 0 Å². The first kappa shape index (κ1) is 13.8. The highest BCUT2D eigenvalue weighted by Gasteiger charge is 2.16. The molecular formula is C14H18INO2. The Hall–Kier alpha value is -0.620. The fourth-order valence-electron chi connectivity index (χ4n) is 2.12. The van der Waals surface area contributed by atoms with Crippen molar-refractivity contribution in [3.63, 3.8) is 0 Å². The number of nitrogens with one attached hydrogen (secondary N) is 1. The van der Waals surface area contributed by atoms with Crippen LogP contribution in [-0.4, -0.2) is 25.7 Å². The van der Waals surface area contributed by atoms with Crippen LogP contribution in [0.15, 0.2) is 18.2 Å². The maximum Gasteiger partial charge on any atom is 0.252 e. The molecule has 1 saturated heterocycles. The Bertz CT molecular complexity index is 428. The third-order valence-electron chi connectivity index (χ3n) is 3.30. The summed E-state index contributed by atoms with van der Waals surface area (Å²) in [6.45, 7) is 4.47. The normalized spacial score (nSPS) is 18.9. The van der Waals surface area contributed by atoms with E-state index >= 15 is 0 Å². The molecule has 1 heterocycles. The summed E-state index contributed by atoms with van der Waals surface area (Å²) in [5.74, 6) is 0.642. The second-order valence-electron chi connectivity index (χ2n) is 4.71. The quantitative estimate of drug-likeness (QED) is 0.840. The van der Waals surface area contributed by atoms with Crippen LogP contribution in [0, 0.1) is 16.4 Å². The molecule has 0 bridgehead atoms. The molecule has 98 valence electrons. The molecule has 1 unspecified atom stereocenters. The molecule has 0 aliphatic carbocycles. The number of benzene rings is 1. The van der Waals surface area contributed by atoms with E-state index in [-0.39, 0.29) is 5.91 Å². The first-order valence-electron chi connectivity index (χ1n) is 6.29. The second-order valence-corrected chi connectivity index (χ2v) is 5.79. The van der Waals surface area contributed by atoms with Crippen molar-refractivity contribution in [3.05, 3.63) is 32.9 Å². The SMILES string of the molecule is Cc1cccc(C(=O)NCCC2CCOC2)c1I. The minimum atomic E-state index is 0.0296. The lowest BCUT2D eigenvalue weighted by Crippen LogP contribution is -2.26. The predicted octanol–water partition coefficient (Wildman–Crippen LogP) is 2.76. The van der Waals surface area contributed by atoms with Gasteiger partial charge in [0.15, 0.2) is 0 Å². The first-order valence-corrected chi connectivity index (χ1v) is 7.37. The van der Waals surface area contributed by atoms with Gasteiger partial charge >= 0.3 is 0 Å². The minimum absolute atomic E-state index is 0.0296. The van der Waals surface area contributed by atoms with E-state index in [0.29, 0.717) is 5.92 Å². The number of rotatable bonds is 4. The maximum atomic E-state index is 12.0. The molecule has 0 radical (unpaired) electrons. The van der Waals surface area contributed by atoms with Gasteiger partial charge in [0.25, 0.3) is 5.91 Å². The Morgan fingerprint density at radius 3 is 3.11 bits per heavy atom. The molecule has 3 nitrogen and oxygen atoms in total. The minimum Gasteiger partial charge on any atom is -0.381 e. The molecule has 1 aliphatic heterocycles. The monoisotopic (exact) mass is 359 g/mol. The van der Waals surface area contributed by atoms with Crippen molar-refractivity contribution in [3.8, 4) is 0 Å². The van der Waals surface area contributed by atoms with E-state index in [9.17, 15) is 4.79 Å². The molecule has 1 atom stereocenters. The van der Waals surface area contributed by atoms with E-state index < -0.39 is 0 Å². The van der Waals surface area contributed by atoms with Crippen LogP contribution in [0.5, 0.6) is 0 Å². The van der Waals surface area contributed by atoms with Crippen LogP contribution in [0.2, 0.25) is 0 Å². The zero-order chi connectivity index (χ0) is 13.0. The summed E-state index contributed by atoms with van der Waals surface area (Å²) in [5, 5.41) is 2.99. The zero-order valence-corrected chi connectivity index (χ0v) is 12.7. The van der Waals surface area contributed by atoms with Crippen LogP contribution in [0.25, 0.3) is 0 Å². The van der Waals surface area contributed by atoms with Gasteiger partial charge in [0.05, 0.1) is 5.56 Å². The van der Waals surface area contributed by atoms with E-state index in [0.717, 1.165) is 47.3 Å². The molecule has 1 fully saturated rings. The van der Waals surface area contributed by atoms with E-state index in [1.54, 1.807) is 0 Å². The average molecular weight is 359 g/mol. The fourth-order valence-corrected chi connectivity index (χ4v) is 2.72. The lowest BCUT2D eigenvalue weighted by atomic mass is 10.1. The van der Waals surface area contributed by atoms with Crippen LogP contribution in [0.3, 0.4) is 0 Å². The highest BCUT2D eigenvalue weighted by atomic mass is 127. The largest absolute Gasteiger partial charge is 0.381 e. The number of halogens is 1. The first-order chi connectivity index (χ1) is 8.68. The number of aryl methyl sites for hydroxylation is 1. The van der Waals surface area contributed by atoms with Gasteiger partial charge in [-0.3, -0.25) is 4.79 Å². The van der Waals surface area contributed by atoms with Gasteiger partial charge in [-0.1, -0.05) is 12.1 Å². The summed E-state index contributed by atoms with van der Waals surface area (Å²) in [4.78, 5) is 12.0. The molecule has 0 spiro atoms. The van der Waals surface area contributed by atoms with Crippen molar-refractivity contribution in [2.45, 2.75) is 19.8 Å². The van der Waals surface area contributed by atoms with Crippen molar-refractivity contribution in [1.29, 1.82) is 0 Å². The Labute approximate surface area is 121 Å². The summed E-state index contributed by atoms with van der Waals surface area (Å²) in [5.41, 5.74) is 1.92.